The van der Waals surface area contributed by atoms with Gasteiger partial charge in [-0.1, -0.05) is 12.1 Å². The molecule has 0 saturated carbocycles. The SMILES string of the molecule is O=C(Nc1ccccc1F)N1C2CC1CN(c1ccnc(F)c1)C2. The molecule has 5 nitrogen and oxygen atoms in total. The lowest BCUT2D eigenvalue weighted by molar-refractivity contribution is 0.0439. The van der Waals surface area contributed by atoms with Crippen LogP contribution in [-0.2, 0) is 0 Å². The molecule has 5 rings (SSSR count). The first kappa shape index (κ1) is 14.9. The molecule has 124 valence electrons. The number of halogens is 2. The summed E-state index contributed by atoms with van der Waals surface area (Å²) in [6.07, 6.45) is 2.35. The van der Waals surface area contributed by atoms with Gasteiger partial charge in [0.1, 0.15) is 5.82 Å². The number of para-hydroxylation sites is 1. The molecule has 4 heterocycles. The molecule has 1 aromatic carbocycles. The van der Waals surface area contributed by atoms with Gasteiger partial charge < -0.3 is 15.1 Å². The normalized spacial score (nSPS) is 22.1. The molecule has 3 fully saturated rings. The molecule has 1 N–H and O–H groups in total. The number of urea groups is 1. The zero-order valence-electron chi connectivity index (χ0n) is 12.8. The van der Waals surface area contributed by atoms with Crippen molar-refractivity contribution >= 4 is 17.4 Å². The lowest BCUT2D eigenvalue weighted by Gasteiger charge is -2.56. The number of anilines is 2. The van der Waals surface area contributed by atoms with Crippen LogP contribution in [0.15, 0.2) is 42.6 Å². The second-order valence-electron chi connectivity index (χ2n) is 6.10. The Labute approximate surface area is 137 Å². The maximum absolute atomic E-state index is 13.7. The highest BCUT2D eigenvalue weighted by molar-refractivity contribution is 5.90. The number of hydrogen-bond acceptors (Lipinski definition) is 3. The number of rotatable bonds is 2. The summed E-state index contributed by atoms with van der Waals surface area (Å²) in [5.74, 6) is -0.966. The average molecular weight is 330 g/mol. The summed E-state index contributed by atoms with van der Waals surface area (Å²) in [6.45, 7) is 1.26. The highest BCUT2D eigenvalue weighted by Gasteiger charge is 2.47. The second-order valence-corrected chi connectivity index (χ2v) is 6.10. The fraction of sp³-hybridized carbons (Fsp3) is 0.294. The first-order valence-corrected chi connectivity index (χ1v) is 7.82. The minimum atomic E-state index is -0.513. The van der Waals surface area contributed by atoms with Crippen molar-refractivity contribution in [3.05, 3.63) is 54.4 Å². The van der Waals surface area contributed by atoms with Crippen molar-refractivity contribution in [1.29, 1.82) is 0 Å². The summed E-state index contributed by atoms with van der Waals surface area (Å²) in [5, 5.41) is 2.63. The Morgan fingerprint density at radius 3 is 2.62 bits per heavy atom. The molecule has 0 spiro atoms. The topological polar surface area (TPSA) is 48.5 Å². The Hall–Kier alpha value is -2.70. The molecule has 3 saturated heterocycles. The monoisotopic (exact) mass is 330 g/mol. The van der Waals surface area contributed by atoms with Gasteiger partial charge in [-0.3, -0.25) is 0 Å². The average Bonchev–Trinajstić information content (AvgIpc) is 2.57. The van der Waals surface area contributed by atoms with E-state index >= 15 is 0 Å². The van der Waals surface area contributed by atoms with E-state index in [1.54, 1.807) is 23.1 Å². The summed E-state index contributed by atoms with van der Waals surface area (Å²) in [4.78, 5) is 19.8. The third-order valence-electron chi connectivity index (χ3n) is 4.62. The van der Waals surface area contributed by atoms with Gasteiger partial charge >= 0.3 is 6.03 Å². The number of carbonyl (C=O) groups excluding carboxylic acids is 1. The van der Waals surface area contributed by atoms with Gasteiger partial charge in [0, 0.05) is 31.0 Å². The van der Waals surface area contributed by atoms with E-state index in [1.807, 2.05) is 0 Å². The van der Waals surface area contributed by atoms with E-state index in [0.717, 1.165) is 12.1 Å². The predicted molar refractivity (Wildman–Crippen MR) is 85.9 cm³/mol. The first-order valence-electron chi connectivity index (χ1n) is 7.82. The van der Waals surface area contributed by atoms with Crippen LogP contribution < -0.4 is 10.2 Å². The van der Waals surface area contributed by atoms with Gasteiger partial charge in [-0.25, -0.2) is 14.2 Å². The van der Waals surface area contributed by atoms with Crippen LogP contribution in [0.1, 0.15) is 6.42 Å². The number of piperidine rings is 1. The Morgan fingerprint density at radius 2 is 1.92 bits per heavy atom. The van der Waals surface area contributed by atoms with E-state index in [2.05, 4.69) is 15.2 Å². The van der Waals surface area contributed by atoms with Crippen molar-refractivity contribution in [3.8, 4) is 0 Å². The van der Waals surface area contributed by atoms with Gasteiger partial charge in [0.05, 0.1) is 17.8 Å². The molecule has 0 aliphatic carbocycles. The standard InChI is InChI=1S/C17H16F2N4O/c18-14-3-1-2-4-15(14)21-17(24)23-12-7-13(23)10-22(9-12)11-5-6-20-16(19)8-11/h1-6,8,12-13H,7,9-10H2,(H,21,24). The Kier molecular flexibility index (Phi) is 3.55. The van der Waals surface area contributed by atoms with Crippen LogP contribution in [0.5, 0.6) is 0 Å². The van der Waals surface area contributed by atoms with Crippen LogP contribution in [0.25, 0.3) is 0 Å². The number of hydrogen-bond donors (Lipinski definition) is 1. The summed E-state index contributed by atoms with van der Waals surface area (Å²) in [6, 6.07) is 9.07. The van der Waals surface area contributed by atoms with E-state index in [9.17, 15) is 13.6 Å². The van der Waals surface area contributed by atoms with Crippen molar-refractivity contribution in [2.75, 3.05) is 23.3 Å². The molecule has 24 heavy (non-hydrogen) atoms. The molecule has 2 unspecified atom stereocenters. The third-order valence-corrected chi connectivity index (χ3v) is 4.62. The zero-order chi connectivity index (χ0) is 16.7. The van der Waals surface area contributed by atoms with E-state index in [1.165, 1.54) is 24.4 Å². The number of fused-ring (bicyclic) bond motifs is 2. The van der Waals surface area contributed by atoms with Crippen molar-refractivity contribution in [1.82, 2.24) is 9.88 Å². The van der Waals surface area contributed by atoms with E-state index in [0.29, 0.717) is 13.1 Å². The molecule has 2 atom stereocenters. The van der Waals surface area contributed by atoms with Crippen molar-refractivity contribution in [2.24, 2.45) is 0 Å². The van der Waals surface area contributed by atoms with Gasteiger partial charge in [-0.2, -0.15) is 4.39 Å². The van der Waals surface area contributed by atoms with Crippen molar-refractivity contribution in [3.63, 3.8) is 0 Å². The number of nitrogens with one attached hydrogen (secondary N) is 1. The minimum absolute atomic E-state index is 0.0479. The van der Waals surface area contributed by atoms with Crippen LogP contribution in [0.2, 0.25) is 0 Å². The largest absolute Gasteiger partial charge is 0.367 e. The van der Waals surface area contributed by atoms with E-state index in [-0.39, 0.29) is 23.8 Å². The quantitative estimate of drug-likeness (QED) is 0.862. The van der Waals surface area contributed by atoms with Crippen molar-refractivity contribution < 1.29 is 13.6 Å². The Bertz CT molecular complexity index is 773. The predicted octanol–water partition coefficient (Wildman–Crippen LogP) is 2.85. The lowest BCUT2D eigenvalue weighted by Crippen LogP contribution is -2.71. The number of amides is 2. The van der Waals surface area contributed by atoms with Gasteiger partial charge in [0.2, 0.25) is 5.95 Å². The number of aromatic nitrogens is 1. The molecule has 2 bridgehead atoms. The zero-order valence-corrected chi connectivity index (χ0v) is 12.8. The van der Waals surface area contributed by atoms with Crippen LogP contribution in [0.3, 0.4) is 0 Å². The first-order chi connectivity index (χ1) is 11.6. The van der Waals surface area contributed by atoms with Gasteiger partial charge in [0.15, 0.2) is 0 Å². The fourth-order valence-corrected chi connectivity index (χ4v) is 3.48. The number of nitrogens with zero attached hydrogens (tertiary/aromatic N) is 3. The van der Waals surface area contributed by atoms with E-state index in [4.69, 9.17) is 0 Å². The number of benzene rings is 1. The van der Waals surface area contributed by atoms with Gasteiger partial charge in [-0.05, 0) is 24.6 Å². The Morgan fingerprint density at radius 1 is 1.17 bits per heavy atom. The van der Waals surface area contributed by atoms with Crippen LogP contribution >= 0.6 is 0 Å². The molecule has 1 aromatic heterocycles. The minimum Gasteiger partial charge on any atom is -0.367 e. The molecule has 7 heteroatoms. The molecular weight excluding hydrogens is 314 g/mol. The summed E-state index contributed by atoms with van der Waals surface area (Å²) >= 11 is 0. The molecule has 2 aromatic rings. The fourth-order valence-electron chi connectivity index (χ4n) is 3.48. The van der Waals surface area contributed by atoms with Crippen LogP contribution in [0.4, 0.5) is 25.0 Å². The van der Waals surface area contributed by atoms with Crippen molar-refractivity contribution in [2.45, 2.75) is 18.5 Å². The number of pyridine rings is 1. The molecule has 2 amide bonds. The van der Waals surface area contributed by atoms with Crippen LogP contribution in [0, 0.1) is 11.8 Å². The van der Waals surface area contributed by atoms with Crippen LogP contribution in [-0.4, -0.2) is 41.1 Å². The van der Waals surface area contributed by atoms with E-state index < -0.39 is 11.8 Å². The van der Waals surface area contributed by atoms with Gasteiger partial charge in [0.25, 0.3) is 0 Å². The summed E-state index contributed by atoms with van der Waals surface area (Å²) < 4.78 is 26.9. The highest BCUT2D eigenvalue weighted by Crippen LogP contribution is 2.35. The Balaban J connectivity index is 1.44. The highest BCUT2D eigenvalue weighted by atomic mass is 19.1. The second kappa shape index (κ2) is 5.74. The third kappa shape index (κ3) is 2.55. The molecular formula is C17H16F2N4O. The molecule has 3 aliphatic heterocycles. The smallest absolute Gasteiger partial charge is 0.322 e. The number of carbonyl (C=O) groups is 1. The lowest BCUT2D eigenvalue weighted by atomic mass is 9.87. The molecule has 0 radical (unpaired) electrons. The summed E-state index contributed by atoms with van der Waals surface area (Å²) in [5.41, 5.74) is 0.951. The maximum Gasteiger partial charge on any atom is 0.322 e. The maximum atomic E-state index is 13.7. The number of piperazine rings is 1. The summed E-state index contributed by atoms with van der Waals surface area (Å²) in [7, 11) is 0. The molecule has 3 aliphatic rings. The van der Waals surface area contributed by atoms with Gasteiger partial charge in [-0.15, -0.1) is 0 Å².